The van der Waals surface area contributed by atoms with E-state index in [1.807, 2.05) is 0 Å². The van der Waals surface area contributed by atoms with E-state index in [1.165, 1.54) is 0 Å². The quantitative estimate of drug-likeness (QED) is 0.539. The number of Topliss-reactive ketones (excluding diaryl/α,β-unsaturated/α-hetero) is 1. The number of hydrogen-bond acceptors (Lipinski definition) is 1. The zero-order valence-electron chi connectivity index (χ0n) is 12.8. The standard InChI is InChI=1S/C16H28OSi/c1-12(2)18(13(3)4,14(5)6)10-9-15-7-8-16(17)11-15/h12-15H,7-8,11H2,1-6H3/t15-/m1/s1. The van der Waals surface area contributed by atoms with Gasteiger partial charge in [-0.25, -0.2) is 0 Å². The summed E-state index contributed by atoms with van der Waals surface area (Å²) in [7, 11) is -1.59. The molecular weight excluding hydrogens is 236 g/mol. The summed E-state index contributed by atoms with van der Waals surface area (Å²) in [6, 6.07) is 0. The van der Waals surface area contributed by atoms with Crippen molar-refractivity contribution >= 4 is 13.9 Å². The second kappa shape index (κ2) is 6.06. The average Bonchev–Trinajstić information content (AvgIpc) is 2.63. The smallest absolute Gasteiger partial charge is 0.145 e. The van der Waals surface area contributed by atoms with Crippen LogP contribution in [0, 0.1) is 17.4 Å². The van der Waals surface area contributed by atoms with Gasteiger partial charge in [-0.1, -0.05) is 41.5 Å². The highest BCUT2D eigenvalue weighted by atomic mass is 28.3. The Hall–Kier alpha value is -0.553. The van der Waals surface area contributed by atoms with Gasteiger partial charge in [-0.2, -0.15) is 0 Å². The van der Waals surface area contributed by atoms with E-state index >= 15 is 0 Å². The molecule has 0 N–H and O–H groups in total. The number of ketones is 1. The third-order valence-electron chi connectivity index (χ3n) is 4.60. The van der Waals surface area contributed by atoms with Crippen LogP contribution >= 0.6 is 0 Å². The summed E-state index contributed by atoms with van der Waals surface area (Å²) in [6.07, 6.45) is 2.44. The SMILES string of the molecule is CC(C)[Si](C#C[C@H]1CCC(=O)C1)(C(C)C)C(C)C. The van der Waals surface area contributed by atoms with E-state index in [0.29, 0.717) is 34.7 Å². The van der Waals surface area contributed by atoms with Gasteiger partial charge in [0.1, 0.15) is 13.9 Å². The van der Waals surface area contributed by atoms with Crippen molar-refractivity contribution in [2.45, 2.75) is 77.4 Å². The van der Waals surface area contributed by atoms with Crippen LogP contribution in [0.2, 0.25) is 16.6 Å². The first-order valence-corrected chi connectivity index (χ1v) is 9.58. The van der Waals surface area contributed by atoms with Crippen LogP contribution in [0.15, 0.2) is 0 Å². The van der Waals surface area contributed by atoms with Gasteiger partial charge < -0.3 is 0 Å². The topological polar surface area (TPSA) is 17.1 Å². The molecule has 0 aliphatic heterocycles. The maximum absolute atomic E-state index is 11.3. The number of carbonyl (C=O) groups is 1. The van der Waals surface area contributed by atoms with Gasteiger partial charge in [0, 0.05) is 18.8 Å². The fourth-order valence-corrected chi connectivity index (χ4v) is 8.92. The Morgan fingerprint density at radius 3 is 1.89 bits per heavy atom. The average molecular weight is 264 g/mol. The summed E-state index contributed by atoms with van der Waals surface area (Å²) in [5.74, 6) is 4.24. The van der Waals surface area contributed by atoms with Crippen molar-refractivity contribution in [3.63, 3.8) is 0 Å². The molecule has 0 aromatic heterocycles. The van der Waals surface area contributed by atoms with Gasteiger partial charge in [0.05, 0.1) is 0 Å². The van der Waals surface area contributed by atoms with Gasteiger partial charge >= 0.3 is 0 Å². The van der Waals surface area contributed by atoms with Crippen molar-refractivity contribution in [1.82, 2.24) is 0 Å². The third-order valence-corrected chi connectivity index (χ3v) is 10.9. The fourth-order valence-electron chi connectivity index (χ4n) is 3.60. The number of carbonyl (C=O) groups excluding carboxylic acids is 1. The van der Waals surface area contributed by atoms with E-state index in [0.717, 1.165) is 12.8 Å². The zero-order valence-corrected chi connectivity index (χ0v) is 13.8. The molecule has 102 valence electrons. The molecule has 0 spiro atoms. The number of rotatable bonds is 3. The minimum atomic E-state index is -1.59. The number of hydrogen-bond donors (Lipinski definition) is 0. The largest absolute Gasteiger partial charge is 0.300 e. The van der Waals surface area contributed by atoms with Gasteiger partial charge in [-0.15, -0.1) is 11.5 Å². The van der Waals surface area contributed by atoms with Crippen LogP contribution < -0.4 is 0 Å². The van der Waals surface area contributed by atoms with Crippen molar-refractivity contribution in [3.8, 4) is 11.5 Å². The molecule has 0 heterocycles. The van der Waals surface area contributed by atoms with E-state index in [2.05, 4.69) is 53.0 Å². The maximum Gasteiger partial charge on any atom is 0.145 e. The maximum atomic E-state index is 11.3. The lowest BCUT2D eigenvalue weighted by Gasteiger charge is -2.38. The Balaban J connectivity index is 2.98. The lowest BCUT2D eigenvalue weighted by atomic mass is 10.1. The molecule has 1 fully saturated rings. The monoisotopic (exact) mass is 264 g/mol. The van der Waals surface area contributed by atoms with E-state index in [9.17, 15) is 4.79 Å². The van der Waals surface area contributed by atoms with Crippen molar-refractivity contribution in [1.29, 1.82) is 0 Å². The Morgan fingerprint density at radius 1 is 1.06 bits per heavy atom. The van der Waals surface area contributed by atoms with Crippen LogP contribution in [0.1, 0.15) is 60.8 Å². The molecule has 1 aliphatic carbocycles. The van der Waals surface area contributed by atoms with Crippen molar-refractivity contribution in [2.24, 2.45) is 5.92 Å². The summed E-state index contributed by atoms with van der Waals surface area (Å²) in [5, 5.41) is 0. The van der Waals surface area contributed by atoms with Crippen molar-refractivity contribution < 1.29 is 4.79 Å². The Labute approximate surface area is 114 Å². The van der Waals surface area contributed by atoms with E-state index in [1.54, 1.807) is 0 Å². The molecule has 0 amide bonds. The molecule has 0 saturated heterocycles. The Kier molecular flexibility index (Phi) is 5.22. The van der Waals surface area contributed by atoms with Gasteiger partial charge in [0.25, 0.3) is 0 Å². The highest BCUT2D eigenvalue weighted by molar-refractivity contribution is 6.90. The van der Waals surface area contributed by atoms with Crippen LogP contribution in [-0.2, 0) is 4.79 Å². The molecule has 2 heteroatoms. The zero-order chi connectivity index (χ0) is 13.9. The molecular formula is C16H28OSi. The second-order valence-electron chi connectivity index (χ2n) is 6.64. The normalized spacial score (nSPS) is 20.7. The predicted molar refractivity (Wildman–Crippen MR) is 81.2 cm³/mol. The minimum Gasteiger partial charge on any atom is -0.300 e. The molecule has 18 heavy (non-hydrogen) atoms. The van der Waals surface area contributed by atoms with Crippen LogP contribution in [0.5, 0.6) is 0 Å². The second-order valence-corrected chi connectivity index (χ2v) is 12.2. The summed E-state index contributed by atoms with van der Waals surface area (Å²) < 4.78 is 0. The van der Waals surface area contributed by atoms with Crippen LogP contribution in [0.3, 0.4) is 0 Å². The van der Waals surface area contributed by atoms with Crippen molar-refractivity contribution in [2.75, 3.05) is 0 Å². The lowest BCUT2D eigenvalue weighted by Crippen LogP contribution is -2.43. The molecule has 0 unspecified atom stereocenters. The molecule has 1 rings (SSSR count). The first-order chi connectivity index (χ1) is 8.30. The summed E-state index contributed by atoms with van der Waals surface area (Å²) >= 11 is 0. The third kappa shape index (κ3) is 3.06. The molecule has 1 aliphatic rings. The Bertz CT molecular complexity index is 335. The van der Waals surface area contributed by atoms with Crippen LogP contribution in [0.4, 0.5) is 0 Å². The summed E-state index contributed by atoms with van der Waals surface area (Å²) in [6.45, 7) is 14.0. The minimum absolute atomic E-state index is 0.348. The van der Waals surface area contributed by atoms with Crippen LogP contribution in [-0.4, -0.2) is 13.9 Å². The highest BCUT2D eigenvalue weighted by Gasteiger charge is 2.41. The lowest BCUT2D eigenvalue weighted by molar-refractivity contribution is -0.117. The highest BCUT2D eigenvalue weighted by Crippen LogP contribution is 2.41. The molecule has 1 nitrogen and oxygen atoms in total. The molecule has 0 aromatic rings. The first kappa shape index (κ1) is 15.5. The predicted octanol–water partition coefficient (Wildman–Crippen LogP) is 4.58. The fraction of sp³-hybridized carbons (Fsp3) is 0.812. The molecule has 0 aromatic carbocycles. The van der Waals surface area contributed by atoms with E-state index in [-0.39, 0.29) is 0 Å². The van der Waals surface area contributed by atoms with Gasteiger partial charge in [0.2, 0.25) is 0 Å². The molecule has 1 atom stereocenters. The molecule has 0 bridgehead atoms. The Morgan fingerprint density at radius 2 is 1.56 bits per heavy atom. The summed E-state index contributed by atoms with van der Waals surface area (Å²) in [5.41, 5.74) is 5.78. The van der Waals surface area contributed by atoms with Gasteiger partial charge in [-0.05, 0) is 23.0 Å². The molecule has 0 radical (unpaired) electrons. The van der Waals surface area contributed by atoms with E-state index in [4.69, 9.17) is 0 Å². The first-order valence-electron chi connectivity index (χ1n) is 7.35. The van der Waals surface area contributed by atoms with Gasteiger partial charge in [0.15, 0.2) is 0 Å². The van der Waals surface area contributed by atoms with Crippen LogP contribution in [0.25, 0.3) is 0 Å². The summed E-state index contributed by atoms with van der Waals surface area (Å²) in [4.78, 5) is 11.3. The van der Waals surface area contributed by atoms with Gasteiger partial charge in [-0.3, -0.25) is 4.79 Å². The van der Waals surface area contributed by atoms with E-state index < -0.39 is 8.07 Å². The molecule has 1 saturated carbocycles. The van der Waals surface area contributed by atoms with Crippen molar-refractivity contribution in [3.05, 3.63) is 0 Å².